The van der Waals surface area contributed by atoms with Crippen molar-refractivity contribution in [2.75, 3.05) is 19.6 Å². The van der Waals surface area contributed by atoms with E-state index in [2.05, 4.69) is 34.1 Å². The molecule has 1 aliphatic carbocycles. The molecule has 0 radical (unpaired) electrons. The highest BCUT2D eigenvalue weighted by atomic mass is 15.4. The van der Waals surface area contributed by atoms with Gasteiger partial charge in [0.05, 0.1) is 6.54 Å². The van der Waals surface area contributed by atoms with Crippen LogP contribution in [0.5, 0.6) is 0 Å². The van der Waals surface area contributed by atoms with E-state index in [4.69, 9.17) is 0 Å². The first-order valence-electron chi connectivity index (χ1n) is 7.08. The summed E-state index contributed by atoms with van der Waals surface area (Å²) in [4.78, 5) is 6.92. The Morgan fingerprint density at radius 3 is 3.00 bits per heavy atom. The number of hydrogen-bond acceptors (Lipinski definition) is 4. The SMILES string of the molecule is CC(C)n1ncnc1CN1CCNC(C2CC2)C1. The third-order valence-electron chi connectivity index (χ3n) is 3.98. The lowest BCUT2D eigenvalue weighted by Crippen LogP contribution is -2.51. The van der Waals surface area contributed by atoms with Crippen LogP contribution in [0, 0.1) is 5.92 Å². The average Bonchev–Trinajstić information content (AvgIpc) is 3.10. The molecule has 1 saturated carbocycles. The topological polar surface area (TPSA) is 46.0 Å². The maximum atomic E-state index is 4.41. The Labute approximate surface area is 109 Å². The highest BCUT2D eigenvalue weighted by Gasteiger charge is 2.34. The molecule has 3 rings (SSSR count). The van der Waals surface area contributed by atoms with Gasteiger partial charge in [0.15, 0.2) is 0 Å². The van der Waals surface area contributed by atoms with E-state index in [1.807, 2.05) is 4.68 Å². The van der Waals surface area contributed by atoms with Gasteiger partial charge >= 0.3 is 0 Å². The predicted octanol–water partition coefficient (Wildman–Crippen LogP) is 1.04. The van der Waals surface area contributed by atoms with E-state index in [1.54, 1.807) is 6.33 Å². The van der Waals surface area contributed by atoms with Crippen LogP contribution in [0.15, 0.2) is 6.33 Å². The van der Waals surface area contributed by atoms with Gasteiger partial charge in [0, 0.05) is 31.7 Å². The molecule has 2 aliphatic rings. The molecule has 1 saturated heterocycles. The minimum absolute atomic E-state index is 0.393. The molecule has 100 valence electrons. The monoisotopic (exact) mass is 249 g/mol. The molecular weight excluding hydrogens is 226 g/mol. The van der Waals surface area contributed by atoms with Crippen LogP contribution >= 0.6 is 0 Å². The Morgan fingerprint density at radius 2 is 2.28 bits per heavy atom. The molecule has 0 aromatic carbocycles. The Hall–Kier alpha value is -0.940. The second-order valence-corrected chi connectivity index (χ2v) is 5.85. The van der Waals surface area contributed by atoms with E-state index >= 15 is 0 Å². The molecule has 5 nitrogen and oxygen atoms in total. The third kappa shape index (κ3) is 2.57. The number of nitrogens with zero attached hydrogens (tertiary/aromatic N) is 4. The lowest BCUT2D eigenvalue weighted by molar-refractivity contribution is 0.174. The fourth-order valence-electron chi connectivity index (χ4n) is 2.82. The normalized spacial score (nSPS) is 25.8. The maximum absolute atomic E-state index is 4.41. The van der Waals surface area contributed by atoms with E-state index in [1.165, 1.54) is 12.8 Å². The Kier molecular flexibility index (Phi) is 3.35. The van der Waals surface area contributed by atoms with E-state index in [9.17, 15) is 0 Å². The first-order valence-corrected chi connectivity index (χ1v) is 7.08. The highest BCUT2D eigenvalue weighted by molar-refractivity contribution is 4.94. The first kappa shape index (κ1) is 12.1. The largest absolute Gasteiger partial charge is 0.311 e. The zero-order valence-electron chi connectivity index (χ0n) is 11.3. The van der Waals surface area contributed by atoms with Gasteiger partial charge in [-0.05, 0) is 32.6 Å². The summed E-state index contributed by atoms with van der Waals surface area (Å²) in [6, 6.07) is 1.10. The Morgan fingerprint density at radius 1 is 1.44 bits per heavy atom. The maximum Gasteiger partial charge on any atom is 0.141 e. The van der Waals surface area contributed by atoms with Gasteiger partial charge < -0.3 is 5.32 Å². The van der Waals surface area contributed by atoms with Crippen LogP contribution in [0.2, 0.25) is 0 Å². The molecule has 5 heteroatoms. The summed E-state index contributed by atoms with van der Waals surface area (Å²) in [7, 11) is 0. The summed E-state index contributed by atoms with van der Waals surface area (Å²) in [5.41, 5.74) is 0. The van der Waals surface area contributed by atoms with E-state index in [0.29, 0.717) is 12.1 Å². The molecule has 1 aliphatic heterocycles. The van der Waals surface area contributed by atoms with Crippen molar-refractivity contribution < 1.29 is 0 Å². The fourth-order valence-corrected chi connectivity index (χ4v) is 2.82. The molecule has 0 spiro atoms. The molecule has 2 fully saturated rings. The van der Waals surface area contributed by atoms with Crippen LogP contribution in [-0.4, -0.2) is 45.3 Å². The van der Waals surface area contributed by atoms with Crippen molar-refractivity contribution in [2.45, 2.75) is 45.3 Å². The van der Waals surface area contributed by atoms with Gasteiger partial charge in [-0.25, -0.2) is 9.67 Å². The van der Waals surface area contributed by atoms with Crippen LogP contribution < -0.4 is 5.32 Å². The summed E-state index contributed by atoms with van der Waals surface area (Å²) in [6.45, 7) is 8.63. The molecule has 18 heavy (non-hydrogen) atoms. The summed E-state index contributed by atoms with van der Waals surface area (Å²) in [5, 5.41) is 7.95. The second-order valence-electron chi connectivity index (χ2n) is 5.85. The van der Waals surface area contributed by atoms with E-state index < -0.39 is 0 Å². The Bertz CT molecular complexity index is 396. The van der Waals surface area contributed by atoms with Gasteiger partial charge in [-0.1, -0.05) is 0 Å². The number of nitrogens with one attached hydrogen (secondary N) is 1. The fraction of sp³-hybridized carbons (Fsp3) is 0.846. The zero-order chi connectivity index (χ0) is 12.5. The molecule has 1 atom stereocenters. The van der Waals surface area contributed by atoms with Gasteiger partial charge in [0.25, 0.3) is 0 Å². The molecule has 1 unspecified atom stereocenters. The quantitative estimate of drug-likeness (QED) is 0.866. The van der Waals surface area contributed by atoms with Gasteiger partial charge in [0.2, 0.25) is 0 Å². The molecule has 2 heterocycles. The number of aromatic nitrogens is 3. The van der Waals surface area contributed by atoms with Crippen molar-refractivity contribution in [2.24, 2.45) is 5.92 Å². The second kappa shape index (κ2) is 4.97. The molecule has 0 bridgehead atoms. The van der Waals surface area contributed by atoms with Crippen molar-refractivity contribution in [1.29, 1.82) is 0 Å². The summed E-state index contributed by atoms with van der Waals surface area (Å²) in [5.74, 6) is 2.03. The van der Waals surface area contributed by atoms with Crippen LogP contribution in [0.1, 0.15) is 38.6 Å². The number of hydrogen-bond donors (Lipinski definition) is 1. The van der Waals surface area contributed by atoms with Crippen molar-refractivity contribution in [3.05, 3.63) is 12.2 Å². The van der Waals surface area contributed by atoms with Crippen LogP contribution in [0.25, 0.3) is 0 Å². The number of rotatable bonds is 4. The van der Waals surface area contributed by atoms with Gasteiger partial charge in [0.1, 0.15) is 12.2 Å². The van der Waals surface area contributed by atoms with E-state index in [0.717, 1.165) is 37.9 Å². The lowest BCUT2D eigenvalue weighted by atomic mass is 10.1. The zero-order valence-corrected chi connectivity index (χ0v) is 11.3. The van der Waals surface area contributed by atoms with Crippen molar-refractivity contribution in [3.63, 3.8) is 0 Å². The third-order valence-corrected chi connectivity index (χ3v) is 3.98. The van der Waals surface area contributed by atoms with Gasteiger partial charge in [-0.2, -0.15) is 5.10 Å². The molecule has 1 aromatic heterocycles. The Balaban J connectivity index is 1.62. The standard InChI is InChI=1S/C13H23N5/c1-10(2)18-13(15-9-16-18)8-17-6-5-14-12(7-17)11-3-4-11/h9-12,14H,3-8H2,1-2H3. The lowest BCUT2D eigenvalue weighted by Gasteiger charge is -2.33. The minimum atomic E-state index is 0.393. The van der Waals surface area contributed by atoms with Crippen LogP contribution in [0.4, 0.5) is 0 Å². The number of piperazine rings is 1. The summed E-state index contributed by atoms with van der Waals surface area (Å²) >= 11 is 0. The average molecular weight is 249 g/mol. The minimum Gasteiger partial charge on any atom is -0.311 e. The van der Waals surface area contributed by atoms with Crippen molar-refractivity contribution in [3.8, 4) is 0 Å². The molecule has 0 amide bonds. The first-order chi connectivity index (χ1) is 8.74. The smallest absolute Gasteiger partial charge is 0.141 e. The van der Waals surface area contributed by atoms with Gasteiger partial charge in [-0.15, -0.1) is 0 Å². The molecule has 1 aromatic rings. The van der Waals surface area contributed by atoms with E-state index in [-0.39, 0.29) is 0 Å². The summed E-state index contributed by atoms with van der Waals surface area (Å²) < 4.78 is 2.04. The summed E-state index contributed by atoms with van der Waals surface area (Å²) in [6.07, 6.45) is 4.50. The predicted molar refractivity (Wildman–Crippen MR) is 70.2 cm³/mol. The van der Waals surface area contributed by atoms with Gasteiger partial charge in [-0.3, -0.25) is 4.90 Å². The van der Waals surface area contributed by atoms with Crippen molar-refractivity contribution in [1.82, 2.24) is 25.0 Å². The van der Waals surface area contributed by atoms with Crippen molar-refractivity contribution >= 4 is 0 Å². The van der Waals surface area contributed by atoms with Crippen LogP contribution in [-0.2, 0) is 6.54 Å². The molecule has 1 N–H and O–H groups in total. The molecular formula is C13H23N5. The van der Waals surface area contributed by atoms with Crippen LogP contribution in [0.3, 0.4) is 0 Å². The highest BCUT2D eigenvalue weighted by Crippen LogP contribution is 2.33.